The lowest BCUT2D eigenvalue weighted by atomic mass is 9.83. The highest BCUT2D eigenvalue weighted by Gasteiger charge is 2.33. The summed E-state index contributed by atoms with van der Waals surface area (Å²) >= 11 is 0. The number of nitrogens with zero attached hydrogens (tertiary/aromatic N) is 3. The zero-order valence-corrected chi connectivity index (χ0v) is 16.7. The van der Waals surface area contributed by atoms with Crippen molar-refractivity contribution in [2.24, 2.45) is 0 Å². The Balaban J connectivity index is 1.61. The molecule has 1 atom stereocenters. The lowest BCUT2D eigenvalue weighted by Crippen LogP contribution is -2.28. The Hall–Kier alpha value is -3.34. The third-order valence-corrected chi connectivity index (χ3v) is 5.77. The first-order valence-corrected chi connectivity index (χ1v) is 10.0. The van der Waals surface area contributed by atoms with Gasteiger partial charge in [0, 0.05) is 5.70 Å². The van der Waals surface area contributed by atoms with Crippen molar-refractivity contribution in [1.29, 1.82) is 0 Å². The molecule has 2 aromatic carbocycles. The fourth-order valence-electron chi connectivity index (χ4n) is 4.28. The van der Waals surface area contributed by atoms with Crippen molar-refractivity contribution >= 4 is 12.0 Å². The van der Waals surface area contributed by atoms with Crippen molar-refractivity contribution in [3.63, 3.8) is 0 Å². The molecule has 2 heterocycles. The van der Waals surface area contributed by atoms with Gasteiger partial charge in [-0.3, -0.25) is 0 Å². The summed E-state index contributed by atoms with van der Waals surface area (Å²) in [7, 11) is 1.69. The van der Waals surface area contributed by atoms with E-state index >= 15 is 0 Å². The third kappa shape index (κ3) is 3.23. The number of ether oxygens (including phenoxy) is 1. The molecule has 5 nitrogen and oxygen atoms in total. The monoisotopic (exact) mass is 384 g/mol. The molecule has 0 saturated heterocycles. The number of hydrogen-bond acceptors (Lipinski definition) is 4. The number of allylic oxidation sites excluding steroid dienone is 2. The summed E-state index contributed by atoms with van der Waals surface area (Å²) in [6, 6.07) is 17.0. The molecule has 1 N–H and O–H groups in total. The molecule has 146 valence electrons. The lowest BCUT2D eigenvalue weighted by Gasteiger charge is -2.34. The quantitative estimate of drug-likeness (QED) is 0.680. The van der Waals surface area contributed by atoms with Crippen molar-refractivity contribution in [2.45, 2.75) is 32.2 Å². The van der Waals surface area contributed by atoms with Crippen LogP contribution in [0.25, 0.3) is 6.08 Å². The number of methoxy groups -OCH3 is 1. The number of benzene rings is 2. The van der Waals surface area contributed by atoms with E-state index in [9.17, 15) is 0 Å². The van der Waals surface area contributed by atoms with Gasteiger partial charge in [0.25, 0.3) is 0 Å². The number of aryl methyl sites for hydroxylation is 1. The maximum atomic E-state index is 5.34. The van der Waals surface area contributed by atoms with Crippen molar-refractivity contribution < 1.29 is 4.74 Å². The Labute approximate surface area is 170 Å². The van der Waals surface area contributed by atoms with Gasteiger partial charge in [-0.15, -0.1) is 0 Å². The second-order valence-corrected chi connectivity index (χ2v) is 7.66. The number of anilines is 1. The molecule has 1 aromatic heterocycles. The smallest absolute Gasteiger partial charge is 0.226 e. The molecule has 0 spiro atoms. The van der Waals surface area contributed by atoms with E-state index in [2.05, 4.69) is 64.8 Å². The largest absolute Gasteiger partial charge is 0.497 e. The van der Waals surface area contributed by atoms with Gasteiger partial charge in [-0.25, -0.2) is 4.68 Å². The summed E-state index contributed by atoms with van der Waals surface area (Å²) in [6.07, 6.45) is 7.17. The van der Waals surface area contributed by atoms with E-state index in [1.165, 1.54) is 33.5 Å². The molecule has 29 heavy (non-hydrogen) atoms. The molecule has 0 bridgehead atoms. The van der Waals surface area contributed by atoms with Gasteiger partial charge in [-0.1, -0.05) is 42.0 Å². The predicted octanol–water partition coefficient (Wildman–Crippen LogP) is 5.13. The molecule has 0 saturated carbocycles. The first-order valence-electron chi connectivity index (χ1n) is 10.0. The van der Waals surface area contributed by atoms with E-state index in [0.717, 1.165) is 31.0 Å². The van der Waals surface area contributed by atoms with Crippen LogP contribution in [0.5, 0.6) is 5.75 Å². The minimum Gasteiger partial charge on any atom is -0.497 e. The summed E-state index contributed by atoms with van der Waals surface area (Å²) in [5.41, 5.74) is 7.62. The van der Waals surface area contributed by atoms with Crippen LogP contribution in [0.2, 0.25) is 0 Å². The van der Waals surface area contributed by atoms with Crippen LogP contribution >= 0.6 is 0 Å². The molecule has 5 heteroatoms. The Morgan fingerprint density at radius 1 is 1.07 bits per heavy atom. The molecule has 1 aliphatic carbocycles. The Kier molecular flexibility index (Phi) is 4.43. The molecular formula is C24H24N4O. The maximum absolute atomic E-state index is 5.34. The van der Waals surface area contributed by atoms with Gasteiger partial charge in [0.15, 0.2) is 0 Å². The minimum absolute atomic E-state index is 0.0522. The van der Waals surface area contributed by atoms with Crippen molar-refractivity contribution in [1.82, 2.24) is 14.8 Å². The Bertz CT molecular complexity index is 1090. The van der Waals surface area contributed by atoms with E-state index < -0.39 is 0 Å². The van der Waals surface area contributed by atoms with E-state index in [1.54, 1.807) is 13.4 Å². The van der Waals surface area contributed by atoms with Crippen LogP contribution in [0, 0.1) is 6.92 Å². The summed E-state index contributed by atoms with van der Waals surface area (Å²) < 4.78 is 7.34. The van der Waals surface area contributed by atoms with Crippen molar-refractivity contribution in [2.75, 3.05) is 12.4 Å². The number of nitrogens with one attached hydrogen (secondary N) is 1. The highest BCUT2D eigenvalue weighted by Crippen LogP contribution is 2.43. The third-order valence-electron chi connectivity index (χ3n) is 5.77. The maximum Gasteiger partial charge on any atom is 0.226 e. The predicted molar refractivity (Wildman–Crippen MR) is 115 cm³/mol. The summed E-state index contributed by atoms with van der Waals surface area (Å²) in [6.45, 7) is 2.12. The van der Waals surface area contributed by atoms with Crippen LogP contribution in [0.3, 0.4) is 0 Å². The average molecular weight is 384 g/mol. The van der Waals surface area contributed by atoms with Gasteiger partial charge in [-0.2, -0.15) is 10.1 Å². The molecule has 0 fully saturated rings. The van der Waals surface area contributed by atoms with Crippen LogP contribution in [0.4, 0.5) is 5.95 Å². The highest BCUT2D eigenvalue weighted by atomic mass is 16.5. The number of fused-ring (bicyclic) bond motifs is 1. The van der Waals surface area contributed by atoms with E-state index in [1.807, 2.05) is 16.8 Å². The van der Waals surface area contributed by atoms with Gasteiger partial charge in [0.1, 0.15) is 18.1 Å². The van der Waals surface area contributed by atoms with Gasteiger partial charge < -0.3 is 10.1 Å². The van der Waals surface area contributed by atoms with Crippen LogP contribution in [-0.2, 0) is 0 Å². The van der Waals surface area contributed by atoms with Crippen LogP contribution in [0.1, 0.15) is 42.0 Å². The zero-order valence-electron chi connectivity index (χ0n) is 16.7. The molecule has 1 aliphatic heterocycles. The highest BCUT2D eigenvalue weighted by molar-refractivity contribution is 5.65. The molecule has 3 aromatic rings. The van der Waals surface area contributed by atoms with Crippen molar-refractivity contribution in [3.05, 3.63) is 88.4 Å². The Morgan fingerprint density at radius 2 is 1.86 bits per heavy atom. The summed E-state index contributed by atoms with van der Waals surface area (Å²) in [4.78, 5) is 4.47. The number of rotatable bonds is 3. The van der Waals surface area contributed by atoms with E-state index in [0.29, 0.717) is 0 Å². The van der Waals surface area contributed by atoms with E-state index in [-0.39, 0.29) is 6.04 Å². The molecule has 0 radical (unpaired) electrons. The molecule has 0 amide bonds. The van der Waals surface area contributed by atoms with Crippen LogP contribution < -0.4 is 10.1 Å². The summed E-state index contributed by atoms with van der Waals surface area (Å²) in [5.74, 6) is 1.65. The van der Waals surface area contributed by atoms with Gasteiger partial charge in [0.05, 0.1) is 7.11 Å². The topological polar surface area (TPSA) is 52.0 Å². The minimum atomic E-state index is 0.0522. The fourth-order valence-corrected chi connectivity index (χ4v) is 4.28. The second-order valence-electron chi connectivity index (χ2n) is 7.66. The number of aromatic nitrogens is 3. The first kappa shape index (κ1) is 17.7. The normalized spacial score (nSPS) is 19.5. The molecule has 1 unspecified atom stereocenters. The van der Waals surface area contributed by atoms with Gasteiger partial charge >= 0.3 is 0 Å². The average Bonchev–Trinajstić information content (AvgIpc) is 3.22. The Morgan fingerprint density at radius 3 is 2.62 bits per heavy atom. The van der Waals surface area contributed by atoms with Gasteiger partial charge in [0.2, 0.25) is 5.95 Å². The van der Waals surface area contributed by atoms with Crippen LogP contribution in [0.15, 0.2) is 71.7 Å². The second kappa shape index (κ2) is 7.24. The van der Waals surface area contributed by atoms with Crippen LogP contribution in [-0.4, -0.2) is 21.9 Å². The summed E-state index contributed by atoms with van der Waals surface area (Å²) in [5, 5.41) is 8.08. The molecule has 5 rings (SSSR count). The van der Waals surface area contributed by atoms with Gasteiger partial charge in [-0.05, 0) is 66.7 Å². The fraction of sp³-hybridized carbons (Fsp3) is 0.250. The molecule has 2 aliphatic rings. The zero-order chi connectivity index (χ0) is 19.8. The SMILES string of the molecule is COc1ccc(C2C3=C(Nc4ncnn42)/C(=C/c2ccc(C)cc2)CCC3)cc1. The first-order chi connectivity index (χ1) is 14.2. The number of hydrogen-bond donors (Lipinski definition) is 1. The lowest BCUT2D eigenvalue weighted by molar-refractivity contribution is 0.414. The van der Waals surface area contributed by atoms with Crippen molar-refractivity contribution in [3.8, 4) is 5.75 Å². The van der Waals surface area contributed by atoms with E-state index in [4.69, 9.17) is 4.74 Å². The molecular weight excluding hydrogens is 360 g/mol. The standard InChI is InChI=1S/C24H24N4O/c1-16-6-8-17(9-7-16)14-19-4-3-5-21-22(19)27-24-25-15-26-28(24)23(21)18-10-12-20(29-2)13-11-18/h6-15,23H,3-5H2,1-2H3,(H,25,26,27)/b19-14+.